The van der Waals surface area contributed by atoms with Gasteiger partial charge in [0.25, 0.3) is 0 Å². The summed E-state index contributed by atoms with van der Waals surface area (Å²) < 4.78 is 44.1. The van der Waals surface area contributed by atoms with E-state index in [4.69, 9.17) is 5.11 Å². The van der Waals surface area contributed by atoms with E-state index in [1.165, 1.54) is 51.0 Å². The molecule has 0 radical (unpaired) electrons. The van der Waals surface area contributed by atoms with Crippen molar-refractivity contribution in [3.63, 3.8) is 0 Å². The summed E-state index contributed by atoms with van der Waals surface area (Å²) >= 11 is 0. The van der Waals surface area contributed by atoms with Gasteiger partial charge in [-0.05, 0) is 72.8 Å². The molecular formula is C26H31F3O2. The Morgan fingerprint density at radius 1 is 0.968 bits per heavy atom. The van der Waals surface area contributed by atoms with Crippen molar-refractivity contribution in [3.8, 4) is 0 Å². The van der Waals surface area contributed by atoms with Crippen LogP contribution in [0.3, 0.4) is 0 Å². The second kappa shape index (κ2) is 9.22. The van der Waals surface area contributed by atoms with E-state index < -0.39 is 34.4 Å². The average Bonchev–Trinajstić information content (AvgIpc) is 2.76. The first-order valence-corrected chi connectivity index (χ1v) is 11.7. The molecule has 2 fully saturated rings. The van der Waals surface area contributed by atoms with E-state index in [1.807, 2.05) is 0 Å². The molecule has 2 aliphatic carbocycles. The van der Waals surface area contributed by atoms with Crippen LogP contribution in [-0.4, -0.2) is 11.1 Å². The molecule has 0 spiro atoms. The van der Waals surface area contributed by atoms with E-state index in [0.717, 1.165) is 31.2 Å². The molecule has 2 nitrogen and oxygen atoms in total. The zero-order valence-corrected chi connectivity index (χ0v) is 18.1. The minimum absolute atomic E-state index is 0.00361. The van der Waals surface area contributed by atoms with Gasteiger partial charge >= 0.3 is 5.97 Å². The normalized spacial score (nSPS) is 26.1. The molecule has 2 aliphatic rings. The molecule has 0 amide bonds. The number of aromatic carboxylic acids is 1. The molecule has 0 bridgehead atoms. The van der Waals surface area contributed by atoms with Crippen LogP contribution in [0.1, 0.15) is 93.0 Å². The Morgan fingerprint density at radius 2 is 1.71 bits per heavy atom. The molecule has 5 heteroatoms. The highest BCUT2D eigenvalue weighted by molar-refractivity contribution is 5.95. The lowest BCUT2D eigenvalue weighted by molar-refractivity contribution is 0.0691. The Morgan fingerprint density at radius 3 is 2.45 bits per heavy atom. The summed E-state index contributed by atoms with van der Waals surface area (Å²) in [5.41, 5.74) is -0.328. The van der Waals surface area contributed by atoms with Crippen molar-refractivity contribution in [2.75, 3.05) is 0 Å². The number of rotatable bonds is 6. The second-order valence-electron chi connectivity index (χ2n) is 9.63. The number of halogens is 3. The maximum absolute atomic E-state index is 15.3. The summed E-state index contributed by atoms with van der Waals surface area (Å²) in [7, 11) is 0. The van der Waals surface area contributed by atoms with Gasteiger partial charge in [0.05, 0.1) is 10.9 Å². The first-order chi connectivity index (χ1) is 14.9. The number of carbonyl (C=O) groups is 1. The van der Waals surface area contributed by atoms with Gasteiger partial charge in [0.1, 0.15) is 5.82 Å². The van der Waals surface area contributed by atoms with E-state index >= 15 is 4.39 Å². The van der Waals surface area contributed by atoms with Gasteiger partial charge in [-0.15, -0.1) is 0 Å². The zero-order valence-electron chi connectivity index (χ0n) is 18.1. The molecule has 0 saturated heterocycles. The lowest BCUT2D eigenvalue weighted by Crippen LogP contribution is -2.30. The Labute approximate surface area is 181 Å². The molecule has 0 aromatic heterocycles. The number of carboxylic acids is 1. The zero-order chi connectivity index (χ0) is 22.1. The third kappa shape index (κ3) is 4.33. The van der Waals surface area contributed by atoms with Crippen molar-refractivity contribution >= 4 is 16.7 Å². The summed E-state index contributed by atoms with van der Waals surface area (Å²) in [5.74, 6) is -3.10. The lowest BCUT2D eigenvalue weighted by Gasteiger charge is -2.42. The molecule has 0 aliphatic heterocycles. The number of hydrogen-bond donors (Lipinski definition) is 1. The van der Waals surface area contributed by atoms with Crippen molar-refractivity contribution in [1.82, 2.24) is 0 Å². The van der Waals surface area contributed by atoms with Crippen LogP contribution in [-0.2, 0) is 0 Å². The van der Waals surface area contributed by atoms with Gasteiger partial charge in [-0.2, -0.15) is 0 Å². The van der Waals surface area contributed by atoms with Crippen molar-refractivity contribution < 1.29 is 23.1 Å². The van der Waals surface area contributed by atoms with Gasteiger partial charge in [-0.1, -0.05) is 51.2 Å². The fourth-order valence-electron chi connectivity index (χ4n) is 6.08. The quantitative estimate of drug-likeness (QED) is 0.472. The maximum Gasteiger partial charge on any atom is 0.338 e. The van der Waals surface area contributed by atoms with Gasteiger partial charge < -0.3 is 5.11 Å². The molecule has 2 saturated carbocycles. The van der Waals surface area contributed by atoms with Crippen LogP contribution in [0.2, 0.25) is 0 Å². The van der Waals surface area contributed by atoms with Crippen LogP contribution in [0.25, 0.3) is 10.8 Å². The van der Waals surface area contributed by atoms with Gasteiger partial charge in [0.15, 0.2) is 11.6 Å². The average molecular weight is 433 g/mol. The maximum atomic E-state index is 15.3. The van der Waals surface area contributed by atoms with Crippen molar-refractivity contribution in [2.45, 2.75) is 77.0 Å². The van der Waals surface area contributed by atoms with Gasteiger partial charge in [-0.3, -0.25) is 0 Å². The number of fused-ring (bicyclic) bond motifs is 2. The standard InChI is InChI=1S/C26H31F3O2/c1-2-3-4-5-15-6-7-17-13-18(9-8-16(17)12-15)20-11-10-19-14-21(26(30)31)24(28)25(29)22(19)23(20)27/h10-11,14-18H,2-9,12-13H2,1H3,(H,30,31). The Balaban J connectivity index is 1.53. The van der Waals surface area contributed by atoms with E-state index in [2.05, 4.69) is 6.92 Å². The first-order valence-electron chi connectivity index (χ1n) is 11.7. The second-order valence-corrected chi connectivity index (χ2v) is 9.63. The summed E-state index contributed by atoms with van der Waals surface area (Å²) in [5, 5.41) is 8.72. The summed E-state index contributed by atoms with van der Waals surface area (Å²) in [6.45, 7) is 2.23. The third-order valence-electron chi connectivity index (χ3n) is 7.76. The fourth-order valence-corrected chi connectivity index (χ4v) is 6.08. The molecule has 1 N–H and O–H groups in total. The molecule has 4 unspecified atom stereocenters. The number of carboxylic acid groups (broad SMARTS) is 1. The van der Waals surface area contributed by atoms with E-state index in [9.17, 15) is 13.6 Å². The van der Waals surface area contributed by atoms with Crippen molar-refractivity contribution in [1.29, 1.82) is 0 Å². The van der Waals surface area contributed by atoms with Crippen LogP contribution in [0.15, 0.2) is 18.2 Å². The fraction of sp³-hybridized carbons (Fsp3) is 0.577. The van der Waals surface area contributed by atoms with Crippen LogP contribution in [0, 0.1) is 35.2 Å². The van der Waals surface area contributed by atoms with Crippen LogP contribution in [0.4, 0.5) is 13.2 Å². The Kier molecular flexibility index (Phi) is 6.59. The smallest absolute Gasteiger partial charge is 0.338 e. The topological polar surface area (TPSA) is 37.3 Å². The number of benzene rings is 2. The molecule has 2 aromatic rings. The van der Waals surface area contributed by atoms with Gasteiger partial charge in [-0.25, -0.2) is 18.0 Å². The minimum atomic E-state index is -1.56. The van der Waals surface area contributed by atoms with E-state index in [1.54, 1.807) is 6.07 Å². The third-order valence-corrected chi connectivity index (χ3v) is 7.76. The summed E-state index contributed by atoms with van der Waals surface area (Å²) in [4.78, 5) is 11.1. The van der Waals surface area contributed by atoms with E-state index in [-0.39, 0.29) is 11.3 Å². The number of unbranched alkanes of at least 4 members (excludes halogenated alkanes) is 2. The SMILES string of the molecule is CCCCCC1CCC2CC(c3ccc4cc(C(=O)O)c(F)c(F)c4c3F)CCC2C1. The molecular weight excluding hydrogens is 401 g/mol. The van der Waals surface area contributed by atoms with Crippen LogP contribution in [0.5, 0.6) is 0 Å². The largest absolute Gasteiger partial charge is 0.478 e. The molecule has 4 atom stereocenters. The lowest BCUT2D eigenvalue weighted by atomic mass is 9.63. The summed E-state index contributed by atoms with van der Waals surface area (Å²) in [6, 6.07) is 4.18. The number of hydrogen-bond acceptors (Lipinski definition) is 1. The van der Waals surface area contributed by atoms with Crippen molar-refractivity contribution in [2.24, 2.45) is 17.8 Å². The van der Waals surface area contributed by atoms with Crippen LogP contribution < -0.4 is 0 Å². The highest BCUT2D eigenvalue weighted by Crippen LogP contribution is 2.49. The highest BCUT2D eigenvalue weighted by Gasteiger charge is 2.37. The monoisotopic (exact) mass is 432 g/mol. The predicted octanol–water partition coefficient (Wildman–Crippen LogP) is 7.84. The molecule has 0 heterocycles. The Bertz CT molecular complexity index is 971. The Hall–Kier alpha value is -2.04. The van der Waals surface area contributed by atoms with Gasteiger partial charge in [0.2, 0.25) is 0 Å². The molecule has 168 valence electrons. The predicted molar refractivity (Wildman–Crippen MR) is 116 cm³/mol. The van der Waals surface area contributed by atoms with E-state index in [0.29, 0.717) is 17.4 Å². The van der Waals surface area contributed by atoms with Crippen LogP contribution >= 0.6 is 0 Å². The van der Waals surface area contributed by atoms with Crippen molar-refractivity contribution in [3.05, 3.63) is 46.8 Å². The minimum Gasteiger partial charge on any atom is -0.478 e. The summed E-state index contributed by atoms with van der Waals surface area (Å²) in [6.07, 6.45) is 11.7. The van der Waals surface area contributed by atoms with Gasteiger partial charge in [0, 0.05) is 0 Å². The molecule has 31 heavy (non-hydrogen) atoms. The molecule has 4 rings (SSSR count). The highest BCUT2D eigenvalue weighted by atomic mass is 19.2. The first kappa shape index (κ1) is 22.2. The molecule has 2 aromatic carbocycles.